The highest BCUT2D eigenvalue weighted by molar-refractivity contribution is 14.0. The van der Waals surface area contributed by atoms with Crippen LogP contribution < -0.4 is 11.1 Å². The third-order valence-electron chi connectivity index (χ3n) is 3.51. The Bertz CT molecular complexity index is 383. The van der Waals surface area contributed by atoms with Crippen molar-refractivity contribution < 1.29 is 9.53 Å². The topological polar surface area (TPSA) is 80.0 Å². The van der Waals surface area contributed by atoms with E-state index in [1.165, 1.54) is 12.8 Å². The Kier molecular flexibility index (Phi) is 10.6. The first-order valence-corrected chi connectivity index (χ1v) is 8.29. The zero-order valence-corrected chi connectivity index (χ0v) is 17.3. The number of piperidine rings is 1. The second-order valence-electron chi connectivity index (χ2n) is 7.07. The van der Waals surface area contributed by atoms with Crippen LogP contribution in [0.3, 0.4) is 0 Å². The molecule has 0 aromatic heterocycles. The summed E-state index contributed by atoms with van der Waals surface area (Å²) in [6.07, 6.45) is 3.88. The number of ether oxygens (including phenoxy) is 1. The highest BCUT2D eigenvalue weighted by Gasteiger charge is 2.17. The number of nitrogens with two attached hydrogens (primary N) is 1. The van der Waals surface area contributed by atoms with Gasteiger partial charge in [0.25, 0.3) is 0 Å². The van der Waals surface area contributed by atoms with E-state index in [0.29, 0.717) is 25.0 Å². The van der Waals surface area contributed by atoms with Gasteiger partial charge in [-0.05, 0) is 52.4 Å². The van der Waals surface area contributed by atoms with Gasteiger partial charge in [0.2, 0.25) is 0 Å². The summed E-state index contributed by atoms with van der Waals surface area (Å²) in [5, 5.41) is 2.75. The first-order valence-electron chi connectivity index (χ1n) is 8.29. The van der Waals surface area contributed by atoms with Crippen molar-refractivity contribution in [2.45, 2.75) is 59.0 Å². The Hall–Kier alpha value is -0.730. The summed E-state index contributed by atoms with van der Waals surface area (Å²) >= 11 is 0. The molecule has 1 amide bonds. The van der Waals surface area contributed by atoms with Crippen LogP contribution in [0.15, 0.2) is 4.99 Å². The summed E-state index contributed by atoms with van der Waals surface area (Å²) in [6.45, 7) is 11.1. The fraction of sp³-hybridized carbons (Fsp3) is 0.875. The fourth-order valence-corrected chi connectivity index (χ4v) is 2.43. The van der Waals surface area contributed by atoms with Crippen LogP contribution in [-0.4, -0.2) is 48.7 Å². The first kappa shape index (κ1) is 22.3. The van der Waals surface area contributed by atoms with Gasteiger partial charge in [-0.2, -0.15) is 0 Å². The molecule has 0 bridgehead atoms. The standard InChI is InChI=1S/C16H32N4O2.HI/c1-13-8-7-11-20(12-13)14(17)18-9-5-6-10-19-15(21)22-16(2,3)4;/h13H,5-12H2,1-4H3,(H2,17,18)(H,19,21);1H. The van der Waals surface area contributed by atoms with Gasteiger partial charge in [0.15, 0.2) is 5.96 Å². The van der Waals surface area contributed by atoms with Crippen LogP contribution in [0.2, 0.25) is 0 Å². The zero-order valence-electron chi connectivity index (χ0n) is 14.9. The molecule has 1 fully saturated rings. The van der Waals surface area contributed by atoms with Crippen LogP contribution in [0.5, 0.6) is 0 Å². The minimum absolute atomic E-state index is 0. The van der Waals surface area contributed by atoms with Gasteiger partial charge < -0.3 is 20.7 Å². The van der Waals surface area contributed by atoms with E-state index in [0.717, 1.165) is 25.9 Å². The lowest BCUT2D eigenvalue weighted by molar-refractivity contribution is 0.0527. The van der Waals surface area contributed by atoms with E-state index in [1.807, 2.05) is 20.8 Å². The summed E-state index contributed by atoms with van der Waals surface area (Å²) in [4.78, 5) is 18.1. The van der Waals surface area contributed by atoms with Crippen molar-refractivity contribution in [1.29, 1.82) is 0 Å². The van der Waals surface area contributed by atoms with E-state index in [2.05, 4.69) is 22.1 Å². The lowest BCUT2D eigenvalue weighted by Crippen LogP contribution is -2.43. The van der Waals surface area contributed by atoms with Crippen molar-refractivity contribution in [2.24, 2.45) is 16.6 Å². The van der Waals surface area contributed by atoms with Crippen LogP contribution in [0.4, 0.5) is 4.79 Å². The van der Waals surface area contributed by atoms with Crippen LogP contribution in [-0.2, 0) is 4.74 Å². The van der Waals surface area contributed by atoms with E-state index < -0.39 is 5.60 Å². The Labute approximate surface area is 157 Å². The van der Waals surface area contributed by atoms with E-state index in [1.54, 1.807) is 0 Å². The van der Waals surface area contributed by atoms with Crippen LogP contribution in [0, 0.1) is 5.92 Å². The number of hydrogen-bond donors (Lipinski definition) is 2. The fourth-order valence-electron chi connectivity index (χ4n) is 2.43. The van der Waals surface area contributed by atoms with Gasteiger partial charge in [0.1, 0.15) is 5.60 Å². The van der Waals surface area contributed by atoms with Gasteiger partial charge in [0, 0.05) is 26.2 Å². The molecule has 0 aromatic rings. The molecule has 0 aromatic carbocycles. The molecule has 1 heterocycles. The minimum atomic E-state index is -0.450. The van der Waals surface area contributed by atoms with E-state index in [-0.39, 0.29) is 30.1 Å². The predicted molar refractivity (Wildman–Crippen MR) is 105 cm³/mol. The number of nitrogens with one attached hydrogen (secondary N) is 1. The molecule has 1 aliphatic heterocycles. The molecule has 7 heteroatoms. The molecule has 0 spiro atoms. The smallest absolute Gasteiger partial charge is 0.407 e. The number of hydrogen-bond acceptors (Lipinski definition) is 3. The number of alkyl carbamates (subject to hydrolysis) is 1. The van der Waals surface area contributed by atoms with E-state index in [9.17, 15) is 4.79 Å². The van der Waals surface area contributed by atoms with Crippen LogP contribution >= 0.6 is 24.0 Å². The summed E-state index contributed by atoms with van der Waals surface area (Å²) in [5.74, 6) is 1.35. The number of guanidine groups is 1. The molecule has 1 atom stereocenters. The number of rotatable bonds is 5. The highest BCUT2D eigenvalue weighted by Crippen LogP contribution is 2.14. The quantitative estimate of drug-likeness (QED) is 0.298. The number of nitrogens with zero attached hydrogens (tertiary/aromatic N) is 2. The number of amides is 1. The molecule has 1 rings (SSSR count). The molecule has 1 unspecified atom stereocenters. The van der Waals surface area contributed by atoms with Gasteiger partial charge >= 0.3 is 6.09 Å². The zero-order chi connectivity index (χ0) is 16.6. The molecule has 0 aliphatic carbocycles. The summed E-state index contributed by atoms with van der Waals surface area (Å²) in [6, 6.07) is 0. The Morgan fingerprint density at radius 3 is 2.70 bits per heavy atom. The maximum absolute atomic E-state index is 11.4. The molecule has 0 saturated carbocycles. The molecule has 136 valence electrons. The SMILES string of the molecule is CC1CCCN(C(N)=NCCCCNC(=O)OC(C)(C)C)C1.I. The average Bonchev–Trinajstić information content (AvgIpc) is 2.40. The van der Waals surface area contributed by atoms with Gasteiger partial charge in [0.05, 0.1) is 0 Å². The average molecular weight is 440 g/mol. The predicted octanol–water partition coefficient (Wildman–Crippen LogP) is 2.96. The first-order chi connectivity index (χ1) is 10.3. The molecule has 3 N–H and O–H groups in total. The van der Waals surface area contributed by atoms with Gasteiger partial charge in [-0.3, -0.25) is 4.99 Å². The highest BCUT2D eigenvalue weighted by atomic mass is 127. The van der Waals surface area contributed by atoms with Crippen molar-refractivity contribution in [3.05, 3.63) is 0 Å². The molecule has 23 heavy (non-hydrogen) atoms. The van der Waals surface area contributed by atoms with Crippen molar-refractivity contribution in [1.82, 2.24) is 10.2 Å². The van der Waals surface area contributed by atoms with Gasteiger partial charge in [-0.25, -0.2) is 4.79 Å². The molecule has 0 radical (unpaired) electrons. The Morgan fingerprint density at radius 1 is 1.39 bits per heavy atom. The number of carbonyl (C=O) groups excluding carboxylic acids is 1. The summed E-state index contributed by atoms with van der Waals surface area (Å²) in [5.41, 5.74) is 5.58. The number of unbranched alkanes of at least 4 members (excludes halogenated alkanes) is 1. The van der Waals surface area contributed by atoms with Crippen molar-refractivity contribution >= 4 is 36.0 Å². The third kappa shape index (κ3) is 10.6. The number of likely N-dealkylation sites (tertiary alicyclic amines) is 1. The van der Waals surface area contributed by atoms with E-state index in [4.69, 9.17) is 10.5 Å². The lowest BCUT2D eigenvalue weighted by Gasteiger charge is -2.31. The second kappa shape index (κ2) is 10.9. The normalized spacial score (nSPS) is 19.0. The maximum Gasteiger partial charge on any atom is 0.407 e. The van der Waals surface area contributed by atoms with Crippen molar-refractivity contribution in [2.75, 3.05) is 26.2 Å². The third-order valence-corrected chi connectivity index (χ3v) is 3.51. The Morgan fingerprint density at radius 2 is 2.09 bits per heavy atom. The lowest BCUT2D eigenvalue weighted by atomic mass is 10.0. The van der Waals surface area contributed by atoms with Crippen molar-refractivity contribution in [3.63, 3.8) is 0 Å². The molecule has 6 nitrogen and oxygen atoms in total. The monoisotopic (exact) mass is 440 g/mol. The minimum Gasteiger partial charge on any atom is -0.444 e. The number of carbonyl (C=O) groups is 1. The molecule has 1 saturated heterocycles. The van der Waals surface area contributed by atoms with Crippen LogP contribution in [0.1, 0.15) is 53.4 Å². The maximum atomic E-state index is 11.4. The van der Waals surface area contributed by atoms with E-state index >= 15 is 0 Å². The summed E-state index contributed by atoms with van der Waals surface area (Å²) in [7, 11) is 0. The summed E-state index contributed by atoms with van der Waals surface area (Å²) < 4.78 is 5.17. The van der Waals surface area contributed by atoms with Gasteiger partial charge in [-0.15, -0.1) is 24.0 Å². The largest absolute Gasteiger partial charge is 0.444 e. The Balaban J connectivity index is 0.00000484. The van der Waals surface area contributed by atoms with Crippen molar-refractivity contribution in [3.8, 4) is 0 Å². The number of aliphatic imine (C=N–C) groups is 1. The van der Waals surface area contributed by atoms with Crippen LogP contribution in [0.25, 0.3) is 0 Å². The van der Waals surface area contributed by atoms with Gasteiger partial charge in [-0.1, -0.05) is 6.92 Å². The molecule has 1 aliphatic rings. The number of halogens is 1. The molecular formula is C16H33IN4O2. The second-order valence-corrected chi connectivity index (χ2v) is 7.07. The molecular weight excluding hydrogens is 407 g/mol.